The summed E-state index contributed by atoms with van der Waals surface area (Å²) in [6, 6.07) is 7.79. The molecule has 0 unspecified atom stereocenters. The summed E-state index contributed by atoms with van der Waals surface area (Å²) in [5, 5.41) is 7.19. The average molecular weight is 325 g/mol. The van der Waals surface area contributed by atoms with Crippen molar-refractivity contribution in [3.63, 3.8) is 0 Å². The van der Waals surface area contributed by atoms with Gasteiger partial charge in [0.1, 0.15) is 5.60 Å². The van der Waals surface area contributed by atoms with Crippen LogP contribution in [0.2, 0.25) is 5.02 Å². The zero-order chi connectivity index (χ0) is 16.2. The van der Waals surface area contributed by atoms with Crippen molar-refractivity contribution in [1.29, 1.82) is 0 Å². The topological polar surface area (TPSA) is 50.4 Å². The van der Waals surface area contributed by atoms with E-state index in [-0.39, 0.29) is 11.6 Å². The highest BCUT2D eigenvalue weighted by atomic mass is 35.5. The zero-order valence-electron chi connectivity index (χ0n) is 13.5. The predicted molar refractivity (Wildman–Crippen MR) is 89.1 cm³/mol. The number of nitrogens with one attached hydrogen (secondary N) is 2. The number of amides is 1. The van der Waals surface area contributed by atoms with Crippen LogP contribution in [0.4, 0.5) is 4.79 Å². The normalized spacial score (nSPS) is 16.7. The zero-order valence-corrected chi connectivity index (χ0v) is 14.3. The molecule has 2 N–H and O–H groups in total. The minimum absolute atomic E-state index is 0.180. The third-order valence-electron chi connectivity index (χ3n) is 3.76. The van der Waals surface area contributed by atoms with Gasteiger partial charge >= 0.3 is 6.09 Å². The molecule has 1 amide bonds. The molecule has 122 valence electrons. The Kier molecular flexibility index (Phi) is 5.35. The number of carbonyl (C=O) groups is 1. The van der Waals surface area contributed by atoms with Crippen LogP contribution >= 0.6 is 11.6 Å². The first-order chi connectivity index (χ1) is 10.3. The smallest absolute Gasteiger partial charge is 0.408 e. The SMILES string of the molecule is CC(C)(C)OC(=O)NC1(CNCc2cccc(Cl)c2)CCC1. The van der Waals surface area contributed by atoms with Crippen molar-refractivity contribution >= 4 is 17.7 Å². The molecule has 0 radical (unpaired) electrons. The molecule has 0 bridgehead atoms. The molecule has 0 heterocycles. The van der Waals surface area contributed by atoms with E-state index in [9.17, 15) is 4.79 Å². The number of ether oxygens (including phenoxy) is 1. The van der Waals surface area contributed by atoms with Gasteiger partial charge in [-0.3, -0.25) is 0 Å². The van der Waals surface area contributed by atoms with Crippen molar-refractivity contribution in [2.45, 2.75) is 57.7 Å². The molecule has 1 fully saturated rings. The van der Waals surface area contributed by atoms with Crippen LogP contribution in [-0.2, 0) is 11.3 Å². The monoisotopic (exact) mass is 324 g/mol. The molecule has 0 spiro atoms. The summed E-state index contributed by atoms with van der Waals surface area (Å²) in [6.45, 7) is 7.09. The molecular formula is C17H25ClN2O2. The summed E-state index contributed by atoms with van der Waals surface area (Å²) in [5.74, 6) is 0. The van der Waals surface area contributed by atoms with Crippen LogP contribution in [-0.4, -0.2) is 23.8 Å². The molecule has 5 heteroatoms. The standard InChI is InChI=1S/C17H25ClN2O2/c1-16(2,3)22-15(21)20-17(8-5-9-17)12-19-11-13-6-4-7-14(18)10-13/h4,6-7,10,19H,5,8-9,11-12H2,1-3H3,(H,20,21). The second-order valence-corrected chi connectivity index (χ2v) is 7.43. The lowest BCUT2D eigenvalue weighted by Crippen LogP contribution is -2.59. The van der Waals surface area contributed by atoms with Crippen LogP contribution in [0.1, 0.15) is 45.6 Å². The summed E-state index contributed by atoms with van der Waals surface area (Å²) < 4.78 is 5.35. The van der Waals surface area contributed by atoms with E-state index >= 15 is 0 Å². The number of hydrogen-bond donors (Lipinski definition) is 2. The summed E-state index contributed by atoms with van der Waals surface area (Å²) >= 11 is 5.98. The van der Waals surface area contributed by atoms with Crippen LogP contribution in [0.5, 0.6) is 0 Å². The van der Waals surface area contributed by atoms with E-state index in [0.717, 1.165) is 42.9 Å². The number of rotatable bonds is 5. The van der Waals surface area contributed by atoms with Gasteiger partial charge in [0.2, 0.25) is 0 Å². The molecule has 22 heavy (non-hydrogen) atoms. The van der Waals surface area contributed by atoms with E-state index in [4.69, 9.17) is 16.3 Å². The first kappa shape index (κ1) is 17.1. The molecule has 1 aliphatic carbocycles. The van der Waals surface area contributed by atoms with Crippen LogP contribution < -0.4 is 10.6 Å². The first-order valence-corrected chi connectivity index (χ1v) is 8.12. The minimum atomic E-state index is -0.469. The largest absolute Gasteiger partial charge is 0.444 e. The Bertz CT molecular complexity index is 522. The predicted octanol–water partition coefficient (Wildman–Crippen LogP) is 3.88. The first-order valence-electron chi connectivity index (χ1n) is 7.74. The van der Waals surface area contributed by atoms with E-state index in [0.29, 0.717) is 0 Å². The molecule has 0 saturated heterocycles. The van der Waals surface area contributed by atoms with Crippen LogP contribution in [0.3, 0.4) is 0 Å². The molecule has 0 atom stereocenters. The molecule has 1 aliphatic rings. The van der Waals surface area contributed by atoms with Crippen molar-refractivity contribution < 1.29 is 9.53 Å². The Labute approximate surface area is 137 Å². The van der Waals surface area contributed by atoms with E-state index in [1.165, 1.54) is 0 Å². The van der Waals surface area contributed by atoms with Gasteiger partial charge in [-0.2, -0.15) is 0 Å². The van der Waals surface area contributed by atoms with E-state index in [1.54, 1.807) is 0 Å². The fraction of sp³-hybridized carbons (Fsp3) is 0.588. The Morgan fingerprint density at radius 1 is 1.36 bits per heavy atom. The van der Waals surface area contributed by atoms with Crippen LogP contribution in [0.15, 0.2) is 24.3 Å². The van der Waals surface area contributed by atoms with Crippen molar-refractivity contribution in [1.82, 2.24) is 10.6 Å². The number of carbonyl (C=O) groups excluding carboxylic acids is 1. The number of alkyl carbamates (subject to hydrolysis) is 1. The van der Waals surface area contributed by atoms with Crippen molar-refractivity contribution in [3.05, 3.63) is 34.9 Å². The van der Waals surface area contributed by atoms with Gasteiger partial charge in [0.15, 0.2) is 0 Å². The Morgan fingerprint density at radius 3 is 2.64 bits per heavy atom. The van der Waals surface area contributed by atoms with Gasteiger partial charge in [-0.05, 0) is 57.7 Å². The van der Waals surface area contributed by atoms with Gasteiger partial charge in [-0.25, -0.2) is 4.79 Å². The van der Waals surface area contributed by atoms with Crippen molar-refractivity contribution in [2.75, 3.05) is 6.54 Å². The molecule has 0 aliphatic heterocycles. The molecule has 2 rings (SSSR count). The Hall–Kier alpha value is -1.26. The van der Waals surface area contributed by atoms with Crippen molar-refractivity contribution in [3.8, 4) is 0 Å². The highest BCUT2D eigenvalue weighted by molar-refractivity contribution is 6.30. The molecule has 1 saturated carbocycles. The fourth-order valence-corrected chi connectivity index (χ4v) is 2.78. The second kappa shape index (κ2) is 6.88. The number of benzene rings is 1. The van der Waals surface area contributed by atoms with Crippen LogP contribution in [0.25, 0.3) is 0 Å². The molecule has 4 nitrogen and oxygen atoms in total. The maximum absolute atomic E-state index is 12.0. The van der Waals surface area contributed by atoms with Gasteiger partial charge in [-0.15, -0.1) is 0 Å². The molecular weight excluding hydrogens is 300 g/mol. The van der Waals surface area contributed by atoms with Crippen molar-refractivity contribution in [2.24, 2.45) is 0 Å². The quantitative estimate of drug-likeness (QED) is 0.864. The third-order valence-corrected chi connectivity index (χ3v) is 3.99. The second-order valence-electron chi connectivity index (χ2n) is 6.99. The van der Waals surface area contributed by atoms with Gasteiger partial charge < -0.3 is 15.4 Å². The Morgan fingerprint density at radius 2 is 2.09 bits per heavy atom. The third kappa shape index (κ3) is 5.18. The van der Waals surface area contributed by atoms with E-state index in [2.05, 4.69) is 10.6 Å². The summed E-state index contributed by atoms with van der Waals surface area (Å²) in [5.41, 5.74) is 0.490. The summed E-state index contributed by atoms with van der Waals surface area (Å²) in [6.07, 6.45) is 2.76. The van der Waals surface area contributed by atoms with Gasteiger partial charge in [-0.1, -0.05) is 23.7 Å². The fourth-order valence-electron chi connectivity index (χ4n) is 2.56. The minimum Gasteiger partial charge on any atom is -0.444 e. The maximum Gasteiger partial charge on any atom is 0.408 e. The van der Waals surface area contributed by atoms with E-state index < -0.39 is 5.60 Å². The lowest BCUT2D eigenvalue weighted by atomic mass is 9.76. The van der Waals surface area contributed by atoms with E-state index in [1.807, 2.05) is 45.0 Å². The molecule has 0 aromatic heterocycles. The molecule has 1 aromatic carbocycles. The van der Waals surface area contributed by atoms with Crippen LogP contribution in [0, 0.1) is 0 Å². The molecule has 1 aromatic rings. The number of hydrogen-bond acceptors (Lipinski definition) is 3. The number of halogens is 1. The summed E-state index contributed by atoms with van der Waals surface area (Å²) in [4.78, 5) is 12.0. The van der Waals surface area contributed by atoms with Gasteiger partial charge in [0.25, 0.3) is 0 Å². The van der Waals surface area contributed by atoms with Gasteiger partial charge in [0, 0.05) is 18.1 Å². The van der Waals surface area contributed by atoms with Gasteiger partial charge in [0.05, 0.1) is 5.54 Å². The summed E-state index contributed by atoms with van der Waals surface area (Å²) in [7, 11) is 0. The maximum atomic E-state index is 12.0. The highest BCUT2D eigenvalue weighted by Crippen LogP contribution is 2.31. The lowest BCUT2D eigenvalue weighted by Gasteiger charge is -2.42. The Balaban J connectivity index is 1.82. The lowest BCUT2D eigenvalue weighted by molar-refractivity contribution is 0.0382. The average Bonchev–Trinajstić information content (AvgIpc) is 2.33. The highest BCUT2D eigenvalue weighted by Gasteiger charge is 2.39.